The number of hydrogen-bond donors (Lipinski definition) is 0. The first-order valence-electron chi connectivity index (χ1n) is 5.69. The number of rotatable bonds is 1. The molecule has 82 valence electrons. The topological polar surface area (TPSA) is 17.1 Å². The molecule has 0 atom stereocenters. The van der Waals surface area contributed by atoms with Crippen LogP contribution in [-0.2, 0) is 0 Å². The quantitative estimate of drug-likeness (QED) is 0.717. The molecule has 1 heteroatoms. The number of ketones is 1. The van der Waals surface area contributed by atoms with Crippen LogP contribution in [0.4, 0.5) is 0 Å². The van der Waals surface area contributed by atoms with E-state index in [1.807, 2.05) is 55.5 Å². The Balaban J connectivity index is 2.22. The number of fused-ring (bicyclic) bond motifs is 1. The minimum atomic E-state index is 0.122. The van der Waals surface area contributed by atoms with Crippen LogP contribution in [0.1, 0.15) is 27.0 Å². The van der Waals surface area contributed by atoms with Crippen LogP contribution >= 0.6 is 0 Å². The zero-order chi connectivity index (χ0) is 11.8. The number of hydrogen-bond acceptors (Lipinski definition) is 1. The van der Waals surface area contributed by atoms with Crippen molar-refractivity contribution >= 4 is 11.4 Å². The summed E-state index contributed by atoms with van der Waals surface area (Å²) in [5.41, 5.74) is 5.10. The molecule has 1 aliphatic carbocycles. The minimum absolute atomic E-state index is 0.122. The molecule has 0 N–H and O–H groups in total. The van der Waals surface area contributed by atoms with E-state index < -0.39 is 0 Å². The number of allylic oxidation sites excluding steroid dienone is 1. The summed E-state index contributed by atoms with van der Waals surface area (Å²) in [5.74, 6) is 0.122. The van der Waals surface area contributed by atoms with Crippen molar-refractivity contribution in [2.75, 3.05) is 0 Å². The summed E-state index contributed by atoms with van der Waals surface area (Å²) in [6, 6.07) is 16.1. The molecule has 2 aromatic carbocycles. The number of aryl methyl sites for hydroxylation is 1. The summed E-state index contributed by atoms with van der Waals surface area (Å²) in [7, 11) is 0. The van der Waals surface area contributed by atoms with Crippen molar-refractivity contribution in [3.05, 3.63) is 76.9 Å². The van der Waals surface area contributed by atoms with E-state index in [1.165, 1.54) is 0 Å². The predicted octanol–water partition coefficient (Wildman–Crippen LogP) is 3.62. The van der Waals surface area contributed by atoms with Crippen LogP contribution in [0.3, 0.4) is 0 Å². The smallest absolute Gasteiger partial charge is 0.187 e. The van der Waals surface area contributed by atoms with Gasteiger partial charge in [0.25, 0.3) is 0 Å². The SMILES string of the molecule is Cc1cccc2c1C(=O)C=C2c1ccccc1. The molecule has 0 aromatic heterocycles. The van der Waals surface area contributed by atoms with Gasteiger partial charge in [-0.25, -0.2) is 0 Å². The molecule has 0 aliphatic heterocycles. The van der Waals surface area contributed by atoms with E-state index in [2.05, 4.69) is 0 Å². The summed E-state index contributed by atoms with van der Waals surface area (Å²) in [5, 5.41) is 0. The van der Waals surface area contributed by atoms with Crippen LogP contribution in [0.2, 0.25) is 0 Å². The second-order valence-corrected chi connectivity index (χ2v) is 4.29. The Morgan fingerprint density at radius 2 is 1.65 bits per heavy atom. The Kier molecular flexibility index (Phi) is 2.19. The Hall–Kier alpha value is -2.15. The Morgan fingerprint density at radius 3 is 2.41 bits per heavy atom. The van der Waals surface area contributed by atoms with Gasteiger partial charge in [-0.3, -0.25) is 4.79 Å². The summed E-state index contributed by atoms with van der Waals surface area (Å²) >= 11 is 0. The van der Waals surface area contributed by atoms with Crippen molar-refractivity contribution in [3.63, 3.8) is 0 Å². The molecule has 1 aliphatic rings. The maximum absolute atomic E-state index is 12.0. The molecule has 0 saturated heterocycles. The zero-order valence-corrected chi connectivity index (χ0v) is 9.60. The summed E-state index contributed by atoms with van der Waals surface area (Å²) in [6.45, 7) is 1.98. The van der Waals surface area contributed by atoms with Gasteiger partial charge in [0.15, 0.2) is 5.78 Å². The monoisotopic (exact) mass is 220 g/mol. The molecule has 0 fully saturated rings. The molecule has 0 radical (unpaired) electrons. The highest BCUT2D eigenvalue weighted by Crippen LogP contribution is 2.33. The van der Waals surface area contributed by atoms with Gasteiger partial charge in [0.2, 0.25) is 0 Å². The fourth-order valence-electron chi connectivity index (χ4n) is 2.36. The van der Waals surface area contributed by atoms with Crippen LogP contribution in [-0.4, -0.2) is 5.78 Å². The second-order valence-electron chi connectivity index (χ2n) is 4.29. The predicted molar refractivity (Wildman–Crippen MR) is 69.0 cm³/mol. The van der Waals surface area contributed by atoms with Crippen LogP contribution in [0.5, 0.6) is 0 Å². The molecule has 1 nitrogen and oxygen atoms in total. The van der Waals surface area contributed by atoms with Gasteiger partial charge in [-0.2, -0.15) is 0 Å². The molecule has 3 rings (SSSR count). The third-order valence-electron chi connectivity index (χ3n) is 3.17. The summed E-state index contributed by atoms with van der Waals surface area (Å²) in [6.07, 6.45) is 1.74. The molecule has 2 aromatic rings. The number of benzene rings is 2. The lowest BCUT2D eigenvalue weighted by molar-refractivity contribution is 0.104. The van der Waals surface area contributed by atoms with Crippen LogP contribution in [0.25, 0.3) is 5.57 Å². The normalized spacial score (nSPS) is 13.5. The van der Waals surface area contributed by atoms with Gasteiger partial charge < -0.3 is 0 Å². The van der Waals surface area contributed by atoms with Crippen LogP contribution in [0, 0.1) is 6.92 Å². The van der Waals surface area contributed by atoms with Gasteiger partial charge in [0.05, 0.1) is 0 Å². The average molecular weight is 220 g/mol. The molecule has 0 amide bonds. The highest BCUT2D eigenvalue weighted by molar-refractivity contribution is 6.19. The molecule has 0 saturated carbocycles. The zero-order valence-electron chi connectivity index (χ0n) is 9.60. The van der Waals surface area contributed by atoms with Gasteiger partial charge in [-0.05, 0) is 35.3 Å². The second kappa shape index (κ2) is 3.70. The van der Waals surface area contributed by atoms with Gasteiger partial charge >= 0.3 is 0 Å². The van der Waals surface area contributed by atoms with Crippen molar-refractivity contribution in [2.45, 2.75) is 6.92 Å². The maximum Gasteiger partial charge on any atom is 0.187 e. The lowest BCUT2D eigenvalue weighted by Crippen LogP contribution is -1.95. The van der Waals surface area contributed by atoms with E-state index in [0.717, 1.165) is 27.8 Å². The molecule has 0 spiro atoms. The van der Waals surface area contributed by atoms with Gasteiger partial charge in [-0.15, -0.1) is 0 Å². The van der Waals surface area contributed by atoms with E-state index in [9.17, 15) is 4.79 Å². The van der Waals surface area contributed by atoms with Crippen molar-refractivity contribution < 1.29 is 4.79 Å². The minimum Gasteiger partial charge on any atom is -0.289 e. The highest BCUT2D eigenvalue weighted by atomic mass is 16.1. The fourth-order valence-corrected chi connectivity index (χ4v) is 2.36. The van der Waals surface area contributed by atoms with E-state index in [-0.39, 0.29) is 5.78 Å². The van der Waals surface area contributed by atoms with Crippen LogP contribution in [0.15, 0.2) is 54.6 Å². The maximum atomic E-state index is 12.0. The molecule has 17 heavy (non-hydrogen) atoms. The van der Waals surface area contributed by atoms with E-state index >= 15 is 0 Å². The Morgan fingerprint density at radius 1 is 0.882 bits per heavy atom. The van der Waals surface area contributed by atoms with Crippen molar-refractivity contribution in [3.8, 4) is 0 Å². The molecule has 0 heterocycles. The Bertz CT molecular complexity index is 621. The number of carbonyl (C=O) groups is 1. The third-order valence-corrected chi connectivity index (χ3v) is 3.17. The first-order valence-corrected chi connectivity index (χ1v) is 5.69. The molecular weight excluding hydrogens is 208 g/mol. The van der Waals surface area contributed by atoms with Crippen LogP contribution < -0.4 is 0 Å². The van der Waals surface area contributed by atoms with E-state index in [0.29, 0.717) is 0 Å². The summed E-state index contributed by atoms with van der Waals surface area (Å²) in [4.78, 5) is 12.0. The standard InChI is InChI=1S/C16H12O/c1-11-6-5-9-13-14(10-15(17)16(11)13)12-7-3-2-4-8-12/h2-10H,1H3. The average Bonchev–Trinajstić information content (AvgIpc) is 2.69. The first kappa shape index (κ1) is 10.0. The van der Waals surface area contributed by atoms with Crippen molar-refractivity contribution in [1.29, 1.82) is 0 Å². The van der Waals surface area contributed by atoms with Gasteiger partial charge in [0, 0.05) is 5.56 Å². The largest absolute Gasteiger partial charge is 0.289 e. The lowest BCUT2D eigenvalue weighted by atomic mass is 9.97. The van der Waals surface area contributed by atoms with E-state index in [1.54, 1.807) is 6.08 Å². The number of carbonyl (C=O) groups excluding carboxylic acids is 1. The molecule has 0 bridgehead atoms. The van der Waals surface area contributed by atoms with E-state index in [4.69, 9.17) is 0 Å². The summed E-state index contributed by atoms with van der Waals surface area (Å²) < 4.78 is 0. The highest BCUT2D eigenvalue weighted by Gasteiger charge is 2.23. The van der Waals surface area contributed by atoms with Gasteiger partial charge in [-0.1, -0.05) is 48.5 Å². The first-order chi connectivity index (χ1) is 8.27. The Labute approximate surface area is 100 Å². The third kappa shape index (κ3) is 1.51. The van der Waals surface area contributed by atoms with Crippen molar-refractivity contribution in [1.82, 2.24) is 0 Å². The molecular formula is C16H12O. The lowest BCUT2D eigenvalue weighted by Gasteiger charge is -2.06. The van der Waals surface area contributed by atoms with Crippen molar-refractivity contribution in [2.24, 2.45) is 0 Å². The van der Waals surface area contributed by atoms with Gasteiger partial charge in [0.1, 0.15) is 0 Å². The molecule has 0 unspecified atom stereocenters. The fraction of sp³-hybridized carbons (Fsp3) is 0.0625.